The van der Waals surface area contributed by atoms with E-state index in [1.54, 1.807) is 12.1 Å². The molecule has 0 unspecified atom stereocenters. The van der Waals surface area contributed by atoms with Gasteiger partial charge in [0.1, 0.15) is 6.54 Å². The predicted molar refractivity (Wildman–Crippen MR) is 119 cm³/mol. The van der Waals surface area contributed by atoms with Crippen molar-refractivity contribution in [3.63, 3.8) is 0 Å². The Labute approximate surface area is 175 Å². The van der Waals surface area contributed by atoms with Crippen molar-refractivity contribution >= 4 is 44.3 Å². The molecule has 9 heteroatoms. The maximum absolute atomic E-state index is 13.3. The second-order valence-electron chi connectivity index (χ2n) is 7.38. The van der Waals surface area contributed by atoms with Crippen LogP contribution >= 0.6 is 0 Å². The number of rotatable bonds is 4. The molecule has 30 heavy (non-hydrogen) atoms. The smallest absolute Gasteiger partial charge is 0.249 e. The van der Waals surface area contributed by atoms with Gasteiger partial charge in [-0.25, -0.2) is 18.4 Å². The second-order valence-corrected chi connectivity index (χ2v) is 9.29. The Kier molecular flexibility index (Phi) is 5.07. The number of likely N-dealkylation sites (N-methyl/N-ethyl adjacent to an activating group) is 1. The van der Waals surface area contributed by atoms with Crippen molar-refractivity contribution in [3.8, 4) is 0 Å². The van der Waals surface area contributed by atoms with E-state index in [1.165, 1.54) is 4.90 Å². The number of amides is 1. The number of carbonyl (C=O) groups is 1. The summed E-state index contributed by atoms with van der Waals surface area (Å²) in [6.07, 6.45) is 1.11. The fourth-order valence-electron chi connectivity index (χ4n) is 3.56. The highest BCUT2D eigenvalue weighted by Crippen LogP contribution is 2.31. The highest BCUT2D eigenvalue weighted by atomic mass is 32.2. The molecule has 0 saturated carbocycles. The fraction of sp³-hybridized carbons (Fsp3) is 0.286. The minimum Gasteiger partial charge on any atom is -0.355 e. The summed E-state index contributed by atoms with van der Waals surface area (Å²) in [4.78, 5) is 26.1. The van der Waals surface area contributed by atoms with Crippen LogP contribution in [0.4, 0.5) is 17.3 Å². The first kappa shape index (κ1) is 20.1. The summed E-state index contributed by atoms with van der Waals surface area (Å²) in [5.74, 6) is 0.711. The van der Waals surface area contributed by atoms with E-state index in [1.807, 2.05) is 55.3 Å². The number of carbonyl (C=O) groups excluding carboxylic acids is 1. The maximum Gasteiger partial charge on any atom is 0.249 e. The molecule has 1 aromatic heterocycles. The number of sulfonamides is 1. The van der Waals surface area contributed by atoms with Gasteiger partial charge in [-0.2, -0.15) is 0 Å². The van der Waals surface area contributed by atoms with Crippen molar-refractivity contribution in [2.24, 2.45) is 0 Å². The van der Waals surface area contributed by atoms with Gasteiger partial charge in [0.25, 0.3) is 0 Å². The number of hydrogen-bond donors (Lipinski definition) is 0. The zero-order valence-corrected chi connectivity index (χ0v) is 17.9. The molecule has 0 bridgehead atoms. The Hall–Kier alpha value is -3.20. The molecule has 0 spiro atoms. The number of anilines is 3. The van der Waals surface area contributed by atoms with Crippen molar-refractivity contribution in [1.82, 2.24) is 9.97 Å². The molecule has 0 atom stereocenters. The number of para-hydroxylation sites is 3. The SMILES string of the molecule is Cc1ccccc1N(CC(=O)N1CCN(C)c2nc3ccccc3nc21)S(C)(=O)=O. The normalized spacial score (nSPS) is 14.0. The Morgan fingerprint density at radius 3 is 2.23 bits per heavy atom. The highest BCUT2D eigenvalue weighted by molar-refractivity contribution is 7.92. The van der Waals surface area contributed by atoms with Crippen LogP contribution in [0.1, 0.15) is 5.56 Å². The molecule has 8 nitrogen and oxygen atoms in total. The molecule has 4 rings (SSSR count). The van der Waals surface area contributed by atoms with Crippen LogP contribution in [0.25, 0.3) is 11.0 Å². The summed E-state index contributed by atoms with van der Waals surface area (Å²) >= 11 is 0. The number of aryl methyl sites for hydroxylation is 1. The lowest BCUT2D eigenvalue weighted by Crippen LogP contribution is -2.48. The molecule has 1 aliphatic heterocycles. The molecule has 0 aliphatic carbocycles. The lowest BCUT2D eigenvalue weighted by atomic mass is 10.2. The van der Waals surface area contributed by atoms with Crippen LogP contribution in [-0.2, 0) is 14.8 Å². The monoisotopic (exact) mass is 425 g/mol. The van der Waals surface area contributed by atoms with Gasteiger partial charge in [0, 0.05) is 20.1 Å². The third-order valence-electron chi connectivity index (χ3n) is 5.18. The fourth-order valence-corrected chi connectivity index (χ4v) is 4.46. The van der Waals surface area contributed by atoms with E-state index < -0.39 is 10.0 Å². The first-order valence-corrected chi connectivity index (χ1v) is 11.4. The largest absolute Gasteiger partial charge is 0.355 e. The molecule has 1 amide bonds. The van der Waals surface area contributed by atoms with E-state index in [9.17, 15) is 13.2 Å². The minimum atomic E-state index is -3.66. The van der Waals surface area contributed by atoms with E-state index in [0.29, 0.717) is 35.9 Å². The van der Waals surface area contributed by atoms with Gasteiger partial charge in [0.2, 0.25) is 15.9 Å². The summed E-state index contributed by atoms with van der Waals surface area (Å²) in [7, 11) is -1.75. The van der Waals surface area contributed by atoms with Gasteiger partial charge >= 0.3 is 0 Å². The van der Waals surface area contributed by atoms with Crippen molar-refractivity contribution in [3.05, 3.63) is 54.1 Å². The predicted octanol–water partition coefficient (Wildman–Crippen LogP) is 2.19. The Bertz CT molecular complexity index is 1230. The standard InChI is InChI=1S/C21H23N5O3S/c1-15-8-4-7-11-18(15)26(30(3,28)29)14-19(27)25-13-12-24(2)20-21(25)23-17-10-6-5-9-16(17)22-20/h4-11H,12-14H2,1-3H3. The second kappa shape index (κ2) is 7.56. The number of fused-ring (bicyclic) bond motifs is 2. The van der Waals surface area contributed by atoms with Crippen LogP contribution in [0.2, 0.25) is 0 Å². The minimum absolute atomic E-state index is 0.304. The maximum atomic E-state index is 13.3. The number of hydrogen-bond acceptors (Lipinski definition) is 6. The average molecular weight is 426 g/mol. The first-order chi connectivity index (χ1) is 14.3. The quantitative estimate of drug-likeness (QED) is 0.637. The van der Waals surface area contributed by atoms with E-state index >= 15 is 0 Å². The number of benzene rings is 2. The van der Waals surface area contributed by atoms with Crippen molar-refractivity contribution < 1.29 is 13.2 Å². The van der Waals surface area contributed by atoms with Crippen LogP contribution in [-0.4, -0.2) is 57.2 Å². The first-order valence-electron chi connectivity index (χ1n) is 9.57. The lowest BCUT2D eigenvalue weighted by Gasteiger charge is -2.35. The third-order valence-corrected chi connectivity index (χ3v) is 6.30. The molecule has 0 N–H and O–H groups in total. The summed E-state index contributed by atoms with van der Waals surface area (Å²) in [5, 5.41) is 0. The summed E-state index contributed by atoms with van der Waals surface area (Å²) < 4.78 is 26.1. The molecule has 3 aromatic rings. The Morgan fingerprint density at radius 2 is 1.60 bits per heavy atom. The molecule has 1 aliphatic rings. The summed E-state index contributed by atoms with van der Waals surface area (Å²) in [5.41, 5.74) is 2.70. The third kappa shape index (κ3) is 3.68. The Balaban J connectivity index is 1.72. The molecule has 0 saturated heterocycles. The van der Waals surface area contributed by atoms with Crippen LogP contribution < -0.4 is 14.1 Å². The summed E-state index contributed by atoms with van der Waals surface area (Å²) in [6, 6.07) is 14.6. The van der Waals surface area contributed by atoms with Gasteiger partial charge in [-0.15, -0.1) is 0 Å². The van der Waals surface area contributed by atoms with E-state index in [-0.39, 0.29) is 12.5 Å². The molecule has 0 radical (unpaired) electrons. The average Bonchev–Trinajstić information content (AvgIpc) is 2.71. The Morgan fingerprint density at radius 1 is 1.00 bits per heavy atom. The topological polar surface area (TPSA) is 86.7 Å². The van der Waals surface area contributed by atoms with Gasteiger partial charge < -0.3 is 4.90 Å². The van der Waals surface area contributed by atoms with Gasteiger partial charge in [0.05, 0.1) is 23.0 Å². The van der Waals surface area contributed by atoms with Gasteiger partial charge in [-0.05, 0) is 30.7 Å². The van der Waals surface area contributed by atoms with Gasteiger partial charge in [0.15, 0.2) is 11.6 Å². The zero-order valence-electron chi connectivity index (χ0n) is 17.1. The van der Waals surface area contributed by atoms with E-state index in [4.69, 9.17) is 0 Å². The number of aromatic nitrogens is 2. The molecule has 156 valence electrons. The van der Waals surface area contributed by atoms with Crippen LogP contribution in [0.3, 0.4) is 0 Å². The molecular weight excluding hydrogens is 402 g/mol. The summed E-state index contributed by atoms with van der Waals surface area (Å²) in [6.45, 7) is 2.50. The van der Waals surface area contributed by atoms with Gasteiger partial charge in [-0.1, -0.05) is 30.3 Å². The van der Waals surface area contributed by atoms with E-state index in [0.717, 1.165) is 21.6 Å². The molecule has 2 heterocycles. The number of nitrogens with zero attached hydrogens (tertiary/aromatic N) is 5. The van der Waals surface area contributed by atoms with Crippen molar-refractivity contribution in [2.75, 3.05) is 47.0 Å². The van der Waals surface area contributed by atoms with Crippen molar-refractivity contribution in [1.29, 1.82) is 0 Å². The highest BCUT2D eigenvalue weighted by Gasteiger charge is 2.31. The zero-order chi connectivity index (χ0) is 21.5. The molecule has 2 aromatic carbocycles. The molecule has 0 fully saturated rings. The lowest BCUT2D eigenvalue weighted by molar-refractivity contribution is -0.117. The molecular formula is C21H23N5O3S. The van der Waals surface area contributed by atoms with Crippen molar-refractivity contribution in [2.45, 2.75) is 6.92 Å². The van der Waals surface area contributed by atoms with Crippen LogP contribution in [0.15, 0.2) is 48.5 Å². The van der Waals surface area contributed by atoms with Crippen LogP contribution in [0.5, 0.6) is 0 Å². The van der Waals surface area contributed by atoms with Crippen LogP contribution in [0, 0.1) is 6.92 Å². The van der Waals surface area contributed by atoms with Gasteiger partial charge in [-0.3, -0.25) is 14.0 Å². The van der Waals surface area contributed by atoms with E-state index in [2.05, 4.69) is 9.97 Å².